The zero-order valence-corrected chi connectivity index (χ0v) is 16.8. The van der Waals surface area contributed by atoms with Crippen LogP contribution in [0.15, 0.2) is 47.0 Å². The monoisotopic (exact) mass is 397 g/mol. The number of oxazole rings is 1. The van der Waals surface area contributed by atoms with Gasteiger partial charge in [0.1, 0.15) is 22.9 Å². The quantitative estimate of drug-likeness (QED) is 0.657. The summed E-state index contributed by atoms with van der Waals surface area (Å²) in [4.78, 5) is 32.9. The molecule has 1 unspecified atom stereocenters. The molecule has 152 valence electrons. The number of hydrogen-bond donors (Lipinski definition) is 1. The summed E-state index contributed by atoms with van der Waals surface area (Å²) in [6.07, 6.45) is 1.19. The van der Waals surface area contributed by atoms with Crippen molar-refractivity contribution < 1.29 is 23.5 Å². The number of fused-ring (bicyclic) bond motifs is 1. The lowest BCUT2D eigenvalue weighted by atomic mass is 10.1. The minimum atomic E-state index is -0.894. The first kappa shape index (κ1) is 20.3. The molecule has 0 bridgehead atoms. The zero-order valence-electron chi connectivity index (χ0n) is 16.8. The van der Waals surface area contributed by atoms with Crippen LogP contribution in [0.5, 0.6) is 0 Å². The van der Waals surface area contributed by atoms with E-state index in [-0.39, 0.29) is 6.42 Å². The van der Waals surface area contributed by atoms with Crippen molar-refractivity contribution in [3.05, 3.63) is 48.2 Å². The highest BCUT2D eigenvalue weighted by Gasteiger charge is 2.25. The lowest BCUT2D eigenvalue weighted by Crippen LogP contribution is -2.45. The largest absolute Gasteiger partial charge is 0.467 e. The molecule has 0 spiro atoms. The zero-order chi connectivity index (χ0) is 21.0. The highest BCUT2D eigenvalue weighted by molar-refractivity contribution is 5.82. The van der Waals surface area contributed by atoms with E-state index < -0.39 is 23.7 Å². The normalized spacial score (nSPS) is 12.4. The van der Waals surface area contributed by atoms with Gasteiger partial charge < -0.3 is 19.2 Å². The van der Waals surface area contributed by atoms with E-state index in [4.69, 9.17) is 13.9 Å². The number of alkyl carbamates (subject to hydrolysis) is 1. The van der Waals surface area contributed by atoms with Gasteiger partial charge in [-0.05, 0) is 50.6 Å². The van der Waals surface area contributed by atoms with Crippen LogP contribution < -0.4 is 5.32 Å². The first-order valence-electron chi connectivity index (χ1n) is 9.13. The summed E-state index contributed by atoms with van der Waals surface area (Å²) in [7, 11) is 1.27. The van der Waals surface area contributed by atoms with Crippen LogP contribution >= 0.6 is 0 Å². The van der Waals surface area contributed by atoms with Gasteiger partial charge in [-0.25, -0.2) is 14.6 Å². The van der Waals surface area contributed by atoms with E-state index in [2.05, 4.69) is 15.3 Å². The fourth-order valence-electron chi connectivity index (χ4n) is 2.72. The number of esters is 1. The summed E-state index contributed by atoms with van der Waals surface area (Å²) in [6.45, 7) is 5.24. The van der Waals surface area contributed by atoms with E-state index >= 15 is 0 Å². The van der Waals surface area contributed by atoms with Crippen molar-refractivity contribution in [2.24, 2.45) is 0 Å². The predicted molar refractivity (Wildman–Crippen MR) is 106 cm³/mol. The summed E-state index contributed by atoms with van der Waals surface area (Å²) < 4.78 is 15.8. The molecule has 3 rings (SSSR count). The number of ether oxygens (including phenoxy) is 2. The molecule has 0 aliphatic heterocycles. The molecule has 29 heavy (non-hydrogen) atoms. The van der Waals surface area contributed by atoms with Crippen LogP contribution in [0.2, 0.25) is 0 Å². The van der Waals surface area contributed by atoms with Gasteiger partial charge in [0.2, 0.25) is 5.89 Å². The number of benzene rings is 1. The number of nitrogens with zero attached hydrogens (tertiary/aromatic N) is 2. The Bertz CT molecular complexity index is 1010. The van der Waals surface area contributed by atoms with Crippen LogP contribution in [0.25, 0.3) is 22.7 Å². The minimum Gasteiger partial charge on any atom is -0.467 e. The molecule has 2 aromatic heterocycles. The fraction of sp³-hybridized carbons (Fsp3) is 0.333. The molecule has 1 N–H and O–H groups in total. The molecule has 0 aliphatic rings. The number of carbonyl (C=O) groups excluding carboxylic acids is 2. The van der Waals surface area contributed by atoms with E-state index in [0.29, 0.717) is 22.7 Å². The maximum atomic E-state index is 12.1. The number of hydrogen-bond acceptors (Lipinski definition) is 7. The molecular formula is C21H23N3O5. The summed E-state index contributed by atoms with van der Waals surface area (Å²) in [5, 5.41) is 2.56. The minimum absolute atomic E-state index is 0.216. The van der Waals surface area contributed by atoms with Gasteiger partial charge in [0, 0.05) is 12.6 Å². The first-order chi connectivity index (χ1) is 13.7. The molecule has 0 saturated heterocycles. The number of rotatable bonds is 5. The maximum absolute atomic E-state index is 12.1. The highest BCUT2D eigenvalue weighted by Crippen LogP contribution is 2.24. The molecule has 1 aromatic carbocycles. The van der Waals surface area contributed by atoms with Crippen LogP contribution in [0.4, 0.5) is 4.79 Å². The third-order valence-corrected chi connectivity index (χ3v) is 3.95. The van der Waals surface area contributed by atoms with Crippen molar-refractivity contribution in [1.82, 2.24) is 15.3 Å². The third-order valence-electron chi connectivity index (χ3n) is 3.95. The lowest BCUT2D eigenvalue weighted by molar-refractivity contribution is -0.143. The third kappa shape index (κ3) is 5.31. The fourth-order valence-corrected chi connectivity index (χ4v) is 2.72. The van der Waals surface area contributed by atoms with Crippen LogP contribution in [-0.2, 0) is 20.7 Å². The molecule has 1 amide bonds. The molecule has 8 heteroatoms. The van der Waals surface area contributed by atoms with E-state index in [0.717, 1.165) is 5.56 Å². The highest BCUT2D eigenvalue weighted by atomic mass is 16.6. The van der Waals surface area contributed by atoms with Gasteiger partial charge in [0.15, 0.2) is 5.58 Å². The second-order valence-electron chi connectivity index (χ2n) is 7.46. The Labute approximate surface area is 168 Å². The summed E-state index contributed by atoms with van der Waals surface area (Å²) in [6, 6.07) is 9.96. The molecule has 3 aromatic rings. The van der Waals surface area contributed by atoms with Crippen molar-refractivity contribution >= 4 is 23.2 Å². The molecule has 2 heterocycles. The number of amides is 1. The van der Waals surface area contributed by atoms with Gasteiger partial charge in [-0.2, -0.15) is 0 Å². The van der Waals surface area contributed by atoms with Crippen molar-refractivity contribution in [2.45, 2.75) is 38.8 Å². The van der Waals surface area contributed by atoms with Crippen LogP contribution in [0.3, 0.4) is 0 Å². The van der Waals surface area contributed by atoms with Crippen LogP contribution in [0, 0.1) is 0 Å². The Hall–Kier alpha value is -3.42. The summed E-state index contributed by atoms with van der Waals surface area (Å²) >= 11 is 0. The second kappa shape index (κ2) is 8.30. The molecule has 0 radical (unpaired) electrons. The predicted octanol–water partition coefficient (Wildman–Crippen LogP) is 3.50. The van der Waals surface area contributed by atoms with E-state index in [1.54, 1.807) is 39.1 Å². The Morgan fingerprint density at radius 2 is 2.00 bits per heavy atom. The second-order valence-corrected chi connectivity index (χ2v) is 7.46. The molecule has 8 nitrogen and oxygen atoms in total. The van der Waals surface area contributed by atoms with Gasteiger partial charge in [-0.3, -0.25) is 4.98 Å². The van der Waals surface area contributed by atoms with Crippen molar-refractivity contribution in [3.8, 4) is 11.6 Å². The standard InChI is InChI=1S/C21H23N3O5/c1-21(2,3)29-20(26)24-16(19(25)27-4)12-13-8-9-17-15(11-13)23-18(28-17)14-7-5-6-10-22-14/h5-11,16H,12H2,1-4H3,(H,24,26). The van der Waals surface area contributed by atoms with Crippen molar-refractivity contribution in [1.29, 1.82) is 0 Å². The van der Waals surface area contributed by atoms with E-state index in [9.17, 15) is 9.59 Å². The van der Waals surface area contributed by atoms with Crippen LogP contribution in [-0.4, -0.2) is 40.8 Å². The Kier molecular flexibility index (Phi) is 5.81. The van der Waals surface area contributed by atoms with Gasteiger partial charge in [-0.15, -0.1) is 0 Å². The number of carbonyl (C=O) groups is 2. The molecular weight excluding hydrogens is 374 g/mol. The average molecular weight is 397 g/mol. The lowest BCUT2D eigenvalue weighted by Gasteiger charge is -2.22. The van der Waals surface area contributed by atoms with Gasteiger partial charge in [0.05, 0.1) is 7.11 Å². The first-order valence-corrected chi connectivity index (χ1v) is 9.13. The number of methoxy groups -OCH3 is 1. The smallest absolute Gasteiger partial charge is 0.408 e. The van der Waals surface area contributed by atoms with Gasteiger partial charge in [0.25, 0.3) is 0 Å². The summed E-state index contributed by atoms with van der Waals surface area (Å²) in [5.41, 5.74) is 1.97. The topological polar surface area (TPSA) is 104 Å². The van der Waals surface area contributed by atoms with Crippen molar-refractivity contribution in [2.75, 3.05) is 7.11 Å². The van der Waals surface area contributed by atoms with E-state index in [1.165, 1.54) is 7.11 Å². The molecule has 1 atom stereocenters. The Morgan fingerprint density at radius 1 is 1.21 bits per heavy atom. The Morgan fingerprint density at radius 3 is 2.66 bits per heavy atom. The average Bonchev–Trinajstić information content (AvgIpc) is 3.09. The van der Waals surface area contributed by atoms with E-state index in [1.807, 2.05) is 24.3 Å². The molecule has 0 aliphatic carbocycles. The number of pyridine rings is 1. The molecule has 0 saturated carbocycles. The Balaban J connectivity index is 1.80. The number of nitrogens with one attached hydrogen (secondary N) is 1. The summed E-state index contributed by atoms with van der Waals surface area (Å²) in [5.74, 6) is -0.153. The maximum Gasteiger partial charge on any atom is 0.408 e. The molecule has 0 fully saturated rings. The van der Waals surface area contributed by atoms with Crippen LogP contribution in [0.1, 0.15) is 26.3 Å². The van der Waals surface area contributed by atoms with Gasteiger partial charge in [-0.1, -0.05) is 12.1 Å². The van der Waals surface area contributed by atoms with Crippen molar-refractivity contribution in [3.63, 3.8) is 0 Å². The SMILES string of the molecule is COC(=O)C(Cc1ccc2oc(-c3ccccn3)nc2c1)NC(=O)OC(C)(C)C. The van der Waals surface area contributed by atoms with Gasteiger partial charge >= 0.3 is 12.1 Å². The number of aromatic nitrogens is 2.